The first-order valence-electron chi connectivity index (χ1n) is 10.5. The standard InChI is InChI=1S/C25H27BrN2O2/c1-24(2)21(10-8-15-12-20-18(22(15)29)6-5-11-28-20)25(3,4)23(24)30-17-9-7-16(14-27)19(26)13-17/h5-7,9,11,13,15,21,23H,8,10,12H2,1-4H3. The van der Waals surface area contributed by atoms with Crippen LogP contribution in [-0.4, -0.2) is 16.9 Å². The Bertz CT molecular complexity index is 1020. The van der Waals surface area contributed by atoms with Crippen molar-refractivity contribution >= 4 is 21.7 Å². The SMILES string of the molecule is CC1(C)C(CCC2Cc3ncccc3C2=O)C(C)(C)C1Oc1ccc(C#N)c(Br)c1. The van der Waals surface area contributed by atoms with Gasteiger partial charge in [0.15, 0.2) is 5.78 Å². The first-order valence-corrected chi connectivity index (χ1v) is 11.3. The molecule has 1 atom stereocenters. The van der Waals surface area contributed by atoms with Gasteiger partial charge in [-0.25, -0.2) is 0 Å². The molecule has 0 radical (unpaired) electrons. The van der Waals surface area contributed by atoms with E-state index in [1.807, 2.05) is 24.3 Å². The molecule has 2 aliphatic carbocycles. The molecule has 4 rings (SSSR count). The quantitative estimate of drug-likeness (QED) is 0.543. The van der Waals surface area contributed by atoms with Crippen molar-refractivity contribution in [1.82, 2.24) is 4.98 Å². The van der Waals surface area contributed by atoms with Gasteiger partial charge in [0.2, 0.25) is 0 Å². The fourth-order valence-corrected chi connectivity index (χ4v) is 6.45. The lowest BCUT2D eigenvalue weighted by atomic mass is 9.44. The van der Waals surface area contributed by atoms with E-state index in [0.29, 0.717) is 11.5 Å². The van der Waals surface area contributed by atoms with Crippen LogP contribution in [0.4, 0.5) is 0 Å². The Morgan fingerprint density at radius 3 is 2.57 bits per heavy atom. The second kappa shape index (κ2) is 7.50. The van der Waals surface area contributed by atoms with E-state index in [2.05, 4.69) is 54.7 Å². The van der Waals surface area contributed by atoms with Crippen molar-refractivity contribution in [3.8, 4) is 11.8 Å². The first-order chi connectivity index (χ1) is 14.2. The molecule has 0 amide bonds. The predicted molar refractivity (Wildman–Crippen MR) is 119 cm³/mol. The Labute approximate surface area is 186 Å². The topological polar surface area (TPSA) is 63.0 Å². The number of carbonyl (C=O) groups excluding carboxylic acids is 1. The summed E-state index contributed by atoms with van der Waals surface area (Å²) in [7, 11) is 0. The monoisotopic (exact) mass is 466 g/mol. The first kappa shape index (κ1) is 21.1. The van der Waals surface area contributed by atoms with Gasteiger partial charge in [-0.15, -0.1) is 0 Å². The molecule has 0 spiro atoms. The van der Waals surface area contributed by atoms with Crippen LogP contribution in [0.15, 0.2) is 41.0 Å². The van der Waals surface area contributed by atoms with Crippen molar-refractivity contribution in [1.29, 1.82) is 5.26 Å². The van der Waals surface area contributed by atoms with Gasteiger partial charge in [0.05, 0.1) is 11.3 Å². The van der Waals surface area contributed by atoms with Gasteiger partial charge in [-0.05, 0) is 65.0 Å². The van der Waals surface area contributed by atoms with Gasteiger partial charge in [-0.1, -0.05) is 27.7 Å². The molecule has 0 bridgehead atoms. The number of ether oxygens (including phenoxy) is 1. The minimum absolute atomic E-state index is 0.00334. The van der Waals surface area contributed by atoms with Crippen molar-refractivity contribution in [2.45, 2.75) is 53.1 Å². The van der Waals surface area contributed by atoms with Crippen LogP contribution in [0.2, 0.25) is 0 Å². The Morgan fingerprint density at radius 2 is 1.93 bits per heavy atom. The summed E-state index contributed by atoms with van der Waals surface area (Å²) in [5.41, 5.74) is 2.35. The van der Waals surface area contributed by atoms with Crippen molar-refractivity contribution in [2.75, 3.05) is 0 Å². The zero-order valence-corrected chi connectivity index (χ0v) is 19.5. The zero-order valence-electron chi connectivity index (χ0n) is 17.9. The number of rotatable bonds is 5. The summed E-state index contributed by atoms with van der Waals surface area (Å²) in [5.74, 6) is 1.54. The van der Waals surface area contributed by atoms with E-state index < -0.39 is 0 Å². The number of Topliss-reactive ketones (excluding diaryl/α,β-unsaturated/α-hetero) is 1. The number of nitriles is 1. The Kier molecular flexibility index (Phi) is 5.26. The highest BCUT2D eigenvalue weighted by molar-refractivity contribution is 9.10. The molecule has 0 N–H and O–H groups in total. The normalized spacial score (nSPS) is 25.9. The molecule has 5 heteroatoms. The minimum Gasteiger partial charge on any atom is -0.489 e. The van der Waals surface area contributed by atoms with Crippen LogP contribution in [0.25, 0.3) is 0 Å². The number of fused-ring (bicyclic) bond motifs is 1. The lowest BCUT2D eigenvalue weighted by Gasteiger charge is -2.63. The van der Waals surface area contributed by atoms with Crippen LogP contribution in [0.1, 0.15) is 62.2 Å². The third-order valence-electron chi connectivity index (χ3n) is 7.23. The van der Waals surface area contributed by atoms with E-state index in [4.69, 9.17) is 10.00 Å². The van der Waals surface area contributed by atoms with Crippen LogP contribution in [0.3, 0.4) is 0 Å². The molecule has 1 aromatic heterocycles. The molecule has 2 aromatic rings. The molecular formula is C25H27BrN2O2. The molecular weight excluding hydrogens is 440 g/mol. The maximum absolute atomic E-state index is 12.7. The van der Waals surface area contributed by atoms with E-state index in [1.165, 1.54) is 0 Å². The van der Waals surface area contributed by atoms with Crippen molar-refractivity contribution in [2.24, 2.45) is 22.7 Å². The highest BCUT2D eigenvalue weighted by Crippen LogP contribution is 2.62. The molecule has 1 aromatic carbocycles. The van der Waals surface area contributed by atoms with E-state index in [9.17, 15) is 4.79 Å². The smallest absolute Gasteiger partial charge is 0.168 e. The Hall–Kier alpha value is -2.19. The predicted octanol–water partition coefficient (Wildman–Crippen LogP) is 5.98. The lowest BCUT2D eigenvalue weighted by molar-refractivity contribution is -0.201. The number of aromatic nitrogens is 1. The zero-order chi connectivity index (χ0) is 21.7. The molecule has 1 fully saturated rings. The maximum Gasteiger partial charge on any atom is 0.168 e. The van der Waals surface area contributed by atoms with Gasteiger partial charge < -0.3 is 4.74 Å². The number of benzene rings is 1. The third-order valence-corrected chi connectivity index (χ3v) is 7.89. The Balaban J connectivity index is 1.43. The summed E-state index contributed by atoms with van der Waals surface area (Å²) in [6.07, 6.45) is 4.49. The van der Waals surface area contributed by atoms with Crippen molar-refractivity contribution in [3.63, 3.8) is 0 Å². The number of pyridine rings is 1. The molecule has 1 unspecified atom stereocenters. The summed E-state index contributed by atoms with van der Waals surface area (Å²) in [6, 6.07) is 11.4. The number of ketones is 1. The summed E-state index contributed by atoms with van der Waals surface area (Å²) >= 11 is 3.45. The number of hydrogen-bond acceptors (Lipinski definition) is 4. The van der Waals surface area contributed by atoms with Gasteiger partial charge >= 0.3 is 0 Å². The molecule has 30 heavy (non-hydrogen) atoms. The molecule has 156 valence electrons. The van der Waals surface area contributed by atoms with E-state index in [1.54, 1.807) is 12.3 Å². The second-order valence-corrected chi connectivity index (χ2v) is 10.6. The van der Waals surface area contributed by atoms with Gasteiger partial charge in [-0.3, -0.25) is 9.78 Å². The molecule has 0 aliphatic heterocycles. The second-order valence-electron chi connectivity index (χ2n) is 9.79. The fourth-order valence-electron chi connectivity index (χ4n) is 6.00. The largest absolute Gasteiger partial charge is 0.489 e. The highest BCUT2D eigenvalue weighted by Gasteiger charge is 2.62. The average molecular weight is 467 g/mol. The number of halogens is 1. The van der Waals surface area contributed by atoms with Crippen LogP contribution in [0, 0.1) is 34.0 Å². The fraction of sp³-hybridized carbons (Fsp3) is 0.480. The number of nitrogens with zero attached hydrogens (tertiary/aromatic N) is 2. The molecule has 4 nitrogen and oxygen atoms in total. The lowest BCUT2D eigenvalue weighted by Crippen LogP contribution is -2.65. The van der Waals surface area contributed by atoms with Crippen LogP contribution < -0.4 is 4.74 Å². The van der Waals surface area contributed by atoms with Gasteiger partial charge in [0.25, 0.3) is 0 Å². The molecule has 1 saturated carbocycles. The average Bonchev–Trinajstić information content (AvgIpc) is 3.02. The summed E-state index contributed by atoms with van der Waals surface area (Å²) < 4.78 is 7.17. The van der Waals surface area contributed by atoms with Gasteiger partial charge in [0, 0.05) is 39.4 Å². The minimum atomic E-state index is -0.00334. The van der Waals surface area contributed by atoms with Crippen LogP contribution >= 0.6 is 15.9 Å². The molecule has 2 aliphatic rings. The van der Waals surface area contributed by atoms with Crippen LogP contribution in [-0.2, 0) is 6.42 Å². The number of carbonyl (C=O) groups is 1. The maximum atomic E-state index is 12.7. The molecule has 1 heterocycles. The Morgan fingerprint density at radius 1 is 1.20 bits per heavy atom. The highest BCUT2D eigenvalue weighted by atomic mass is 79.9. The summed E-state index contributed by atoms with van der Waals surface area (Å²) in [5, 5.41) is 9.13. The van der Waals surface area contributed by atoms with Crippen LogP contribution in [0.5, 0.6) is 5.75 Å². The van der Waals surface area contributed by atoms with E-state index in [0.717, 1.165) is 40.7 Å². The molecule has 0 saturated heterocycles. The van der Waals surface area contributed by atoms with E-state index in [-0.39, 0.29) is 28.6 Å². The van der Waals surface area contributed by atoms with Gasteiger partial charge in [0.1, 0.15) is 17.9 Å². The third kappa shape index (κ3) is 3.36. The van der Waals surface area contributed by atoms with Crippen molar-refractivity contribution in [3.05, 3.63) is 57.8 Å². The van der Waals surface area contributed by atoms with E-state index >= 15 is 0 Å². The van der Waals surface area contributed by atoms with Crippen molar-refractivity contribution < 1.29 is 9.53 Å². The summed E-state index contributed by atoms with van der Waals surface area (Å²) in [6.45, 7) is 9.05. The van der Waals surface area contributed by atoms with Gasteiger partial charge in [-0.2, -0.15) is 5.26 Å². The number of hydrogen-bond donors (Lipinski definition) is 0. The summed E-state index contributed by atoms with van der Waals surface area (Å²) in [4.78, 5) is 17.1.